The molecule has 1 amide bonds. The summed E-state index contributed by atoms with van der Waals surface area (Å²) in [5.74, 6) is -2.86. The lowest BCUT2D eigenvalue weighted by atomic mass is 9.85. The summed E-state index contributed by atoms with van der Waals surface area (Å²) in [7, 11) is 1.27. The van der Waals surface area contributed by atoms with Crippen molar-refractivity contribution in [1.29, 1.82) is 0 Å². The van der Waals surface area contributed by atoms with Crippen LogP contribution in [0, 0.1) is 17.6 Å². The van der Waals surface area contributed by atoms with Gasteiger partial charge in [-0.2, -0.15) is 0 Å². The van der Waals surface area contributed by atoms with E-state index in [1.54, 1.807) is 30.4 Å². The number of carbonyl (C=O) groups excluding carboxylic acids is 2. The van der Waals surface area contributed by atoms with Gasteiger partial charge in [0.2, 0.25) is 0 Å². The molecule has 1 aliphatic rings. The largest absolute Gasteiger partial charge is 0.469 e. The molecule has 0 fully saturated rings. The molecule has 27 heavy (non-hydrogen) atoms. The van der Waals surface area contributed by atoms with Crippen molar-refractivity contribution in [3.8, 4) is 0 Å². The van der Waals surface area contributed by atoms with E-state index >= 15 is 0 Å². The third-order valence-corrected chi connectivity index (χ3v) is 4.66. The highest BCUT2D eigenvalue weighted by Gasteiger charge is 2.35. The van der Waals surface area contributed by atoms with Crippen molar-refractivity contribution in [1.82, 2.24) is 5.32 Å². The van der Waals surface area contributed by atoms with Gasteiger partial charge >= 0.3 is 5.97 Å². The molecule has 140 valence electrons. The van der Waals surface area contributed by atoms with Crippen molar-refractivity contribution in [3.05, 3.63) is 83.4 Å². The van der Waals surface area contributed by atoms with E-state index in [2.05, 4.69) is 5.32 Å². The van der Waals surface area contributed by atoms with Crippen LogP contribution in [0.5, 0.6) is 0 Å². The first-order valence-corrected chi connectivity index (χ1v) is 8.56. The number of hydrogen-bond acceptors (Lipinski definition) is 3. The molecule has 0 saturated carbocycles. The molecule has 0 aromatic heterocycles. The average Bonchev–Trinajstić information content (AvgIpc) is 3.11. The van der Waals surface area contributed by atoms with Gasteiger partial charge in [-0.1, -0.05) is 30.4 Å². The van der Waals surface area contributed by atoms with Crippen LogP contribution in [0.4, 0.5) is 8.78 Å². The van der Waals surface area contributed by atoms with Gasteiger partial charge in [0.25, 0.3) is 5.91 Å². The van der Waals surface area contributed by atoms with Gasteiger partial charge in [0, 0.05) is 17.2 Å². The summed E-state index contributed by atoms with van der Waals surface area (Å²) in [5, 5.41) is 2.83. The molecule has 0 aliphatic heterocycles. The maximum atomic E-state index is 14.2. The number of rotatable bonds is 5. The molecule has 0 spiro atoms. The van der Waals surface area contributed by atoms with E-state index in [0.29, 0.717) is 12.0 Å². The summed E-state index contributed by atoms with van der Waals surface area (Å²) in [5.41, 5.74) is 0.608. The van der Waals surface area contributed by atoms with Gasteiger partial charge < -0.3 is 10.1 Å². The van der Waals surface area contributed by atoms with Crippen molar-refractivity contribution in [2.75, 3.05) is 7.11 Å². The average molecular weight is 371 g/mol. The van der Waals surface area contributed by atoms with Gasteiger partial charge in [-0.25, -0.2) is 8.78 Å². The first kappa shape index (κ1) is 18.8. The normalized spacial score (nSPS) is 19.5. The highest BCUT2D eigenvalue weighted by atomic mass is 19.1. The minimum atomic E-state index is -0.792. The van der Waals surface area contributed by atoms with Crippen LogP contribution in [0.1, 0.15) is 28.3 Å². The third kappa shape index (κ3) is 4.22. The Balaban J connectivity index is 1.72. The van der Waals surface area contributed by atoms with Crippen molar-refractivity contribution in [3.63, 3.8) is 0 Å². The summed E-state index contributed by atoms with van der Waals surface area (Å²) in [6.07, 6.45) is 4.01. The van der Waals surface area contributed by atoms with Crippen LogP contribution in [0.2, 0.25) is 0 Å². The number of allylic oxidation sites excluding steroid dienone is 1. The maximum absolute atomic E-state index is 14.2. The highest BCUT2D eigenvalue weighted by Crippen LogP contribution is 2.35. The van der Waals surface area contributed by atoms with E-state index in [0.717, 1.165) is 0 Å². The number of benzene rings is 2. The molecular weight excluding hydrogens is 352 g/mol. The zero-order valence-corrected chi connectivity index (χ0v) is 14.7. The smallest absolute Gasteiger partial charge is 0.313 e. The Morgan fingerprint density at radius 1 is 1.07 bits per heavy atom. The summed E-state index contributed by atoms with van der Waals surface area (Å²) >= 11 is 0. The molecule has 3 rings (SSSR count). The predicted molar refractivity (Wildman–Crippen MR) is 96.1 cm³/mol. The van der Waals surface area contributed by atoms with Crippen LogP contribution in [-0.2, 0) is 9.53 Å². The standard InChI is InChI=1S/C21H19F2NO3/c1-27-21(26)19(17-4-2-3-5-18(17)23)14-8-11-16(12-14)24-20(25)13-6-9-15(22)10-7-13/h2-11,14,16,19H,12H2,1H3,(H,24,25). The van der Waals surface area contributed by atoms with Crippen molar-refractivity contribution < 1.29 is 23.1 Å². The molecular formula is C21H19F2NO3. The Morgan fingerprint density at radius 2 is 1.78 bits per heavy atom. The first-order valence-electron chi connectivity index (χ1n) is 8.56. The zero-order chi connectivity index (χ0) is 19.4. The quantitative estimate of drug-likeness (QED) is 0.645. The van der Waals surface area contributed by atoms with E-state index in [1.165, 1.54) is 37.4 Å². The molecule has 2 aromatic carbocycles. The van der Waals surface area contributed by atoms with E-state index < -0.39 is 23.5 Å². The molecule has 0 saturated heterocycles. The van der Waals surface area contributed by atoms with Crippen LogP contribution in [-0.4, -0.2) is 25.0 Å². The molecule has 4 nitrogen and oxygen atoms in total. The number of halogens is 2. The third-order valence-electron chi connectivity index (χ3n) is 4.66. The van der Waals surface area contributed by atoms with Crippen LogP contribution >= 0.6 is 0 Å². The number of hydrogen-bond donors (Lipinski definition) is 1. The molecule has 6 heteroatoms. The van der Waals surface area contributed by atoms with Gasteiger partial charge in [0.15, 0.2) is 0 Å². The number of methoxy groups -OCH3 is 1. The molecule has 1 N–H and O–H groups in total. The SMILES string of the molecule is COC(=O)C(c1ccccc1F)C1C=CC(NC(=O)c2ccc(F)cc2)C1. The monoisotopic (exact) mass is 371 g/mol. The number of carbonyl (C=O) groups is 2. The zero-order valence-electron chi connectivity index (χ0n) is 14.7. The van der Waals surface area contributed by atoms with E-state index in [4.69, 9.17) is 4.74 Å². The summed E-state index contributed by atoms with van der Waals surface area (Å²) in [6.45, 7) is 0. The Hall–Kier alpha value is -3.02. The van der Waals surface area contributed by atoms with Gasteiger partial charge in [-0.05, 0) is 42.7 Å². The molecule has 0 bridgehead atoms. The number of amides is 1. The molecule has 0 heterocycles. The van der Waals surface area contributed by atoms with Crippen LogP contribution in [0.3, 0.4) is 0 Å². The summed E-state index contributed by atoms with van der Waals surface area (Å²) in [4.78, 5) is 24.6. The van der Waals surface area contributed by atoms with Crippen molar-refractivity contribution >= 4 is 11.9 Å². The minimum Gasteiger partial charge on any atom is -0.469 e. The fourth-order valence-corrected chi connectivity index (χ4v) is 3.32. The molecule has 2 aromatic rings. The highest BCUT2D eigenvalue weighted by molar-refractivity contribution is 5.94. The summed E-state index contributed by atoms with van der Waals surface area (Å²) in [6, 6.07) is 11.0. The number of esters is 1. The Morgan fingerprint density at radius 3 is 2.44 bits per heavy atom. The molecule has 3 unspecified atom stereocenters. The lowest BCUT2D eigenvalue weighted by Gasteiger charge is -2.22. The second kappa shape index (κ2) is 8.12. The van der Waals surface area contributed by atoms with Gasteiger partial charge in [-0.15, -0.1) is 0 Å². The number of ether oxygens (including phenoxy) is 1. The van der Waals surface area contributed by atoms with Crippen LogP contribution in [0.15, 0.2) is 60.7 Å². The lowest BCUT2D eigenvalue weighted by molar-refractivity contribution is -0.143. The molecule has 3 atom stereocenters. The summed E-state index contributed by atoms with van der Waals surface area (Å²) < 4.78 is 32.1. The van der Waals surface area contributed by atoms with E-state index in [1.807, 2.05) is 0 Å². The molecule has 1 aliphatic carbocycles. The fourth-order valence-electron chi connectivity index (χ4n) is 3.32. The van der Waals surface area contributed by atoms with Crippen LogP contribution in [0.25, 0.3) is 0 Å². The van der Waals surface area contributed by atoms with E-state index in [-0.39, 0.29) is 23.4 Å². The topological polar surface area (TPSA) is 55.4 Å². The Kier molecular flexibility index (Phi) is 5.64. The van der Waals surface area contributed by atoms with Crippen molar-refractivity contribution in [2.24, 2.45) is 5.92 Å². The Labute approximate surface area is 155 Å². The second-order valence-electron chi connectivity index (χ2n) is 6.39. The maximum Gasteiger partial charge on any atom is 0.313 e. The molecule has 0 radical (unpaired) electrons. The van der Waals surface area contributed by atoms with Gasteiger partial charge in [0.05, 0.1) is 13.0 Å². The second-order valence-corrected chi connectivity index (χ2v) is 6.39. The lowest BCUT2D eigenvalue weighted by Crippen LogP contribution is -2.33. The fraction of sp³-hybridized carbons (Fsp3) is 0.238. The van der Waals surface area contributed by atoms with Gasteiger partial charge in [-0.3, -0.25) is 9.59 Å². The van der Waals surface area contributed by atoms with Crippen LogP contribution < -0.4 is 5.32 Å². The van der Waals surface area contributed by atoms with E-state index in [9.17, 15) is 18.4 Å². The Bertz CT molecular complexity index is 864. The van der Waals surface area contributed by atoms with Gasteiger partial charge in [0.1, 0.15) is 11.6 Å². The minimum absolute atomic E-state index is 0.268. The van der Waals surface area contributed by atoms with Crippen molar-refractivity contribution in [2.45, 2.75) is 18.4 Å². The number of nitrogens with one attached hydrogen (secondary N) is 1. The first-order chi connectivity index (χ1) is 13.0. The predicted octanol–water partition coefficient (Wildman–Crippen LogP) is 3.60.